The molecule has 1 aromatic carbocycles. The molecule has 0 saturated carbocycles. The largest absolute Gasteiger partial charge is 0.373 e. The van der Waals surface area contributed by atoms with Crippen molar-refractivity contribution in [3.8, 4) is 11.4 Å². The maximum Gasteiger partial charge on any atom is 0.180 e. The number of anilines is 1. The van der Waals surface area contributed by atoms with Gasteiger partial charge in [-0.15, -0.1) is 0 Å². The summed E-state index contributed by atoms with van der Waals surface area (Å²) in [5.74, 6) is 1.22. The van der Waals surface area contributed by atoms with E-state index in [1.54, 1.807) is 6.07 Å². The number of nitrogens with zero attached hydrogens (tertiary/aromatic N) is 2. The van der Waals surface area contributed by atoms with E-state index < -0.39 is 0 Å². The van der Waals surface area contributed by atoms with Crippen LogP contribution in [-0.4, -0.2) is 22.0 Å². The summed E-state index contributed by atoms with van der Waals surface area (Å²) < 4.78 is 13.1. The molecule has 19 heavy (non-hydrogen) atoms. The molecule has 2 heterocycles. The Morgan fingerprint density at radius 3 is 2.74 bits per heavy atom. The molecular weight excluding hydrogens is 243 g/mol. The molecule has 5 heteroatoms. The van der Waals surface area contributed by atoms with Gasteiger partial charge in [0.25, 0.3) is 0 Å². The van der Waals surface area contributed by atoms with E-state index in [9.17, 15) is 4.39 Å². The van der Waals surface area contributed by atoms with Crippen molar-refractivity contribution in [3.05, 3.63) is 41.7 Å². The van der Waals surface area contributed by atoms with Crippen molar-refractivity contribution >= 4 is 17.0 Å². The highest BCUT2D eigenvalue weighted by atomic mass is 19.1. The first-order valence-corrected chi connectivity index (χ1v) is 5.98. The van der Waals surface area contributed by atoms with Gasteiger partial charge in [-0.2, -0.15) is 0 Å². The number of rotatable bonds is 2. The Balaban J connectivity index is 2.14. The van der Waals surface area contributed by atoms with Crippen molar-refractivity contribution < 1.29 is 4.39 Å². The van der Waals surface area contributed by atoms with E-state index >= 15 is 0 Å². The number of halogens is 1. The summed E-state index contributed by atoms with van der Waals surface area (Å²) in [6.07, 6.45) is 0. The zero-order valence-corrected chi connectivity index (χ0v) is 10.7. The molecule has 3 rings (SSSR count). The van der Waals surface area contributed by atoms with Crippen LogP contribution in [0.1, 0.15) is 5.56 Å². The molecule has 2 aromatic heterocycles. The van der Waals surface area contributed by atoms with Gasteiger partial charge in [-0.05, 0) is 42.8 Å². The number of aromatic amines is 1. The molecular formula is C14H13FN4. The minimum Gasteiger partial charge on any atom is -0.373 e. The number of benzene rings is 1. The quantitative estimate of drug-likeness (QED) is 0.740. The maximum absolute atomic E-state index is 13.1. The van der Waals surface area contributed by atoms with Gasteiger partial charge in [-0.1, -0.05) is 0 Å². The van der Waals surface area contributed by atoms with Gasteiger partial charge in [-0.25, -0.2) is 14.4 Å². The van der Waals surface area contributed by atoms with Crippen LogP contribution >= 0.6 is 0 Å². The van der Waals surface area contributed by atoms with Gasteiger partial charge in [0.05, 0.1) is 5.52 Å². The van der Waals surface area contributed by atoms with Crippen LogP contribution in [-0.2, 0) is 0 Å². The first-order valence-electron chi connectivity index (χ1n) is 5.98. The number of hydrogen-bond donors (Lipinski definition) is 2. The molecule has 0 amide bonds. The molecule has 0 aliphatic rings. The molecule has 0 fully saturated rings. The van der Waals surface area contributed by atoms with Crippen LogP contribution in [0.2, 0.25) is 0 Å². The fraction of sp³-hybridized carbons (Fsp3) is 0.143. The minimum atomic E-state index is -0.243. The predicted octanol–water partition coefficient (Wildman–Crippen LogP) is 3.11. The smallest absolute Gasteiger partial charge is 0.180 e. The molecule has 0 aliphatic carbocycles. The molecule has 4 nitrogen and oxygen atoms in total. The average molecular weight is 256 g/mol. The Kier molecular flexibility index (Phi) is 2.67. The summed E-state index contributed by atoms with van der Waals surface area (Å²) in [6.45, 7) is 1.86. The second kappa shape index (κ2) is 4.35. The SMILES string of the molecule is CNc1ccc2[nH]c(-c3ccc(F)cc3C)nc2n1. The molecule has 2 N–H and O–H groups in total. The normalized spacial score (nSPS) is 10.9. The number of aryl methyl sites for hydroxylation is 1. The van der Waals surface area contributed by atoms with Gasteiger partial charge >= 0.3 is 0 Å². The zero-order valence-electron chi connectivity index (χ0n) is 10.7. The lowest BCUT2D eigenvalue weighted by molar-refractivity contribution is 0.627. The van der Waals surface area contributed by atoms with Crippen molar-refractivity contribution in [1.29, 1.82) is 0 Å². The molecule has 0 bridgehead atoms. The van der Waals surface area contributed by atoms with E-state index in [2.05, 4.69) is 20.3 Å². The fourth-order valence-corrected chi connectivity index (χ4v) is 2.05. The molecule has 0 spiro atoms. The third kappa shape index (κ3) is 2.03. The molecule has 0 saturated heterocycles. The summed E-state index contributed by atoms with van der Waals surface area (Å²) in [5, 5.41) is 2.97. The van der Waals surface area contributed by atoms with Crippen LogP contribution in [0.4, 0.5) is 10.2 Å². The average Bonchev–Trinajstić information content (AvgIpc) is 2.80. The Hall–Kier alpha value is -2.43. The number of pyridine rings is 1. The van der Waals surface area contributed by atoms with E-state index in [4.69, 9.17) is 0 Å². The van der Waals surface area contributed by atoms with Gasteiger partial charge in [0.1, 0.15) is 17.5 Å². The highest BCUT2D eigenvalue weighted by molar-refractivity contribution is 5.78. The molecule has 0 atom stereocenters. The second-order valence-electron chi connectivity index (χ2n) is 4.36. The van der Waals surface area contributed by atoms with E-state index in [-0.39, 0.29) is 5.82 Å². The van der Waals surface area contributed by atoms with E-state index in [0.29, 0.717) is 11.5 Å². The molecule has 0 aliphatic heterocycles. The number of imidazole rings is 1. The van der Waals surface area contributed by atoms with E-state index in [0.717, 1.165) is 22.5 Å². The lowest BCUT2D eigenvalue weighted by Gasteiger charge is -2.01. The molecule has 0 radical (unpaired) electrons. The highest BCUT2D eigenvalue weighted by Crippen LogP contribution is 2.24. The predicted molar refractivity (Wildman–Crippen MR) is 73.6 cm³/mol. The Morgan fingerprint density at radius 1 is 1.16 bits per heavy atom. The number of aromatic nitrogens is 3. The molecule has 96 valence electrons. The topological polar surface area (TPSA) is 53.6 Å². The maximum atomic E-state index is 13.1. The Bertz CT molecular complexity index is 748. The summed E-state index contributed by atoms with van der Waals surface area (Å²) in [4.78, 5) is 12.0. The number of H-pyrrole nitrogens is 1. The van der Waals surface area contributed by atoms with Crippen molar-refractivity contribution in [3.63, 3.8) is 0 Å². The standard InChI is InChI=1S/C14H13FN4/c1-8-7-9(15)3-4-10(8)13-17-11-5-6-12(16-2)18-14(11)19-13/h3-7H,1-2H3,(H2,16,17,18,19). The third-order valence-corrected chi connectivity index (χ3v) is 3.05. The fourth-order valence-electron chi connectivity index (χ4n) is 2.05. The van der Waals surface area contributed by atoms with Crippen LogP contribution in [0.3, 0.4) is 0 Å². The van der Waals surface area contributed by atoms with Crippen molar-refractivity contribution in [2.45, 2.75) is 6.92 Å². The second-order valence-corrected chi connectivity index (χ2v) is 4.36. The van der Waals surface area contributed by atoms with Gasteiger partial charge in [0, 0.05) is 12.6 Å². The number of fused-ring (bicyclic) bond motifs is 1. The lowest BCUT2D eigenvalue weighted by atomic mass is 10.1. The molecule has 0 unspecified atom stereocenters. The first kappa shape index (κ1) is 11.6. The van der Waals surface area contributed by atoms with Gasteiger partial charge < -0.3 is 10.3 Å². The first-order chi connectivity index (χ1) is 9.17. The van der Waals surface area contributed by atoms with Crippen LogP contribution in [0, 0.1) is 12.7 Å². The summed E-state index contributed by atoms with van der Waals surface area (Å²) in [7, 11) is 1.81. The minimum absolute atomic E-state index is 0.243. The van der Waals surface area contributed by atoms with Crippen LogP contribution in [0.5, 0.6) is 0 Å². The lowest BCUT2D eigenvalue weighted by Crippen LogP contribution is -1.91. The van der Waals surface area contributed by atoms with Crippen molar-refractivity contribution in [2.24, 2.45) is 0 Å². The van der Waals surface area contributed by atoms with Gasteiger partial charge in [0.15, 0.2) is 5.65 Å². The van der Waals surface area contributed by atoms with E-state index in [1.807, 2.05) is 26.1 Å². The van der Waals surface area contributed by atoms with Crippen LogP contribution < -0.4 is 5.32 Å². The van der Waals surface area contributed by atoms with Crippen LogP contribution in [0.25, 0.3) is 22.6 Å². The van der Waals surface area contributed by atoms with Crippen molar-refractivity contribution in [1.82, 2.24) is 15.0 Å². The third-order valence-electron chi connectivity index (χ3n) is 3.05. The summed E-state index contributed by atoms with van der Waals surface area (Å²) in [5.41, 5.74) is 3.22. The number of nitrogens with one attached hydrogen (secondary N) is 2. The Morgan fingerprint density at radius 2 is 2.00 bits per heavy atom. The number of hydrogen-bond acceptors (Lipinski definition) is 3. The van der Waals surface area contributed by atoms with Gasteiger partial charge in [-0.3, -0.25) is 0 Å². The van der Waals surface area contributed by atoms with Gasteiger partial charge in [0.2, 0.25) is 0 Å². The van der Waals surface area contributed by atoms with E-state index in [1.165, 1.54) is 12.1 Å². The highest BCUT2D eigenvalue weighted by Gasteiger charge is 2.09. The monoisotopic (exact) mass is 256 g/mol. The zero-order chi connectivity index (χ0) is 13.4. The molecule has 3 aromatic rings. The summed E-state index contributed by atoms with van der Waals surface area (Å²) >= 11 is 0. The van der Waals surface area contributed by atoms with Crippen LogP contribution in [0.15, 0.2) is 30.3 Å². The Labute approximate surface area is 109 Å². The summed E-state index contributed by atoms with van der Waals surface area (Å²) in [6, 6.07) is 8.45. The van der Waals surface area contributed by atoms with Crippen molar-refractivity contribution in [2.75, 3.05) is 12.4 Å².